The molecule has 2 heterocycles. The van der Waals surface area contributed by atoms with Crippen molar-refractivity contribution in [2.24, 2.45) is 0 Å². The fourth-order valence-corrected chi connectivity index (χ4v) is 2.64. The Balaban J connectivity index is 1.82. The number of nitrogens with zero attached hydrogens (tertiary/aromatic N) is 1. The smallest absolute Gasteiger partial charge is 0.328 e. The van der Waals surface area contributed by atoms with Crippen molar-refractivity contribution in [3.8, 4) is 0 Å². The molecule has 2 aliphatic heterocycles. The molecule has 1 saturated carbocycles. The van der Waals surface area contributed by atoms with Gasteiger partial charge < -0.3 is 14.8 Å². The van der Waals surface area contributed by atoms with Gasteiger partial charge in [-0.2, -0.15) is 0 Å². The summed E-state index contributed by atoms with van der Waals surface area (Å²) in [7, 11) is 0. The summed E-state index contributed by atoms with van der Waals surface area (Å²) < 4.78 is 11.5. The third-order valence-electron chi connectivity index (χ3n) is 3.36. The van der Waals surface area contributed by atoms with E-state index in [-0.39, 0.29) is 18.1 Å². The third-order valence-corrected chi connectivity index (χ3v) is 3.36. The van der Waals surface area contributed by atoms with Crippen LogP contribution in [0.1, 0.15) is 26.2 Å². The van der Waals surface area contributed by atoms with Crippen LogP contribution in [0, 0.1) is 0 Å². The predicted molar refractivity (Wildman–Crippen MR) is 52.2 cm³/mol. The van der Waals surface area contributed by atoms with Crippen LogP contribution in [0.3, 0.4) is 0 Å². The van der Waals surface area contributed by atoms with Crippen molar-refractivity contribution >= 4 is 11.9 Å². The maximum absolute atomic E-state index is 11.5. The highest BCUT2D eigenvalue weighted by atomic mass is 16.6. The van der Waals surface area contributed by atoms with Gasteiger partial charge in [0, 0.05) is 6.92 Å². The maximum Gasteiger partial charge on any atom is 0.328 e. The number of urea groups is 1. The van der Waals surface area contributed by atoms with E-state index in [0.29, 0.717) is 0 Å². The van der Waals surface area contributed by atoms with Gasteiger partial charge in [-0.25, -0.2) is 9.69 Å². The van der Waals surface area contributed by atoms with Crippen molar-refractivity contribution in [1.82, 2.24) is 10.2 Å². The molecule has 0 spiro atoms. The van der Waals surface area contributed by atoms with Gasteiger partial charge in [0.05, 0.1) is 12.2 Å². The topological polar surface area (TPSA) is 67.9 Å². The average Bonchev–Trinajstić information content (AvgIpc) is 2.75. The highest BCUT2D eigenvalue weighted by Crippen LogP contribution is 2.34. The van der Waals surface area contributed by atoms with Crippen molar-refractivity contribution in [2.75, 3.05) is 0 Å². The number of hydrogen-bond acceptors (Lipinski definition) is 4. The quantitative estimate of drug-likeness (QED) is 0.639. The van der Waals surface area contributed by atoms with Gasteiger partial charge in [-0.1, -0.05) is 0 Å². The molecule has 1 aliphatic carbocycles. The molecule has 6 nitrogen and oxygen atoms in total. The second-order valence-electron chi connectivity index (χ2n) is 4.43. The average molecular weight is 226 g/mol. The Hall–Kier alpha value is -1.14. The highest BCUT2D eigenvalue weighted by molar-refractivity contribution is 5.95. The standard InChI is InChI=1S/C10H14N2O4/c1-5(13)12-9-8(11-10(12)14)15-6-3-2-4-7(6)16-9/h6-9H,2-4H2,1H3,(H,11,14)/t6-,7+,8+,9-/m1/s1. The molecule has 3 fully saturated rings. The lowest BCUT2D eigenvalue weighted by atomic mass is 10.2. The summed E-state index contributed by atoms with van der Waals surface area (Å²) in [6.07, 6.45) is 1.96. The molecule has 1 N–H and O–H groups in total. The van der Waals surface area contributed by atoms with Gasteiger partial charge in [0.1, 0.15) is 0 Å². The first kappa shape index (κ1) is 10.0. The monoisotopic (exact) mass is 226 g/mol. The van der Waals surface area contributed by atoms with Gasteiger partial charge >= 0.3 is 6.03 Å². The molecule has 0 aromatic carbocycles. The van der Waals surface area contributed by atoms with Crippen molar-refractivity contribution < 1.29 is 19.1 Å². The van der Waals surface area contributed by atoms with E-state index in [9.17, 15) is 9.59 Å². The van der Waals surface area contributed by atoms with E-state index in [0.717, 1.165) is 24.2 Å². The second-order valence-corrected chi connectivity index (χ2v) is 4.43. The van der Waals surface area contributed by atoms with Crippen LogP contribution in [-0.2, 0) is 14.3 Å². The fourth-order valence-electron chi connectivity index (χ4n) is 2.64. The maximum atomic E-state index is 11.5. The zero-order chi connectivity index (χ0) is 11.3. The summed E-state index contributed by atoms with van der Waals surface area (Å²) in [4.78, 5) is 24.0. The second kappa shape index (κ2) is 3.43. The summed E-state index contributed by atoms with van der Waals surface area (Å²) in [6.45, 7) is 1.35. The summed E-state index contributed by atoms with van der Waals surface area (Å²) in [6, 6.07) is -0.428. The molecule has 2 saturated heterocycles. The molecule has 0 unspecified atom stereocenters. The molecule has 3 amide bonds. The van der Waals surface area contributed by atoms with E-state index >= 15 is 0 Å². The molecule has 4 atom stereocenters. The van der Waals surface area contributed by atoms with Crippen LogP contribution in [0.2, 0.25) is 0 Å². The van der Waals surface area contributed by atoms with Crippen molar-refractivity contribution in [2.45, 2.75) is 50.8 Å². The van der Waals surface area contributed by atoms with E-state index < -0.39 is 18.5 Å². The Kier molecular flexibility index (Phi) is 2.15. The predicted octanol–water partition coefficient (Wildman–Crippen LogP) is 0.178. The Labute approximate surface area is 92.9 Å². The molecule has 0 aromatic rings. The normalized spacial score (nSPS) is 41.6. The molecule has 0 aromatic heterocycles. The molecule has 16 heavy (non-hydrogen) atoms. The van der Waals surface area contributed by atoms with Gasteiger partial charge in [-0.15, -0.1) is 0 Å². The number of carbonyl (C=O) groups is 2. The first-order valence-corrected chi connectivity index (χ1v) is 5.58. The fraction of sp³-hybridized carbons (Fsp3) is 0.800. The van der Waals surface area contributed by atoms with Gasteiger partial charge in [-0.05, 0) is 19.3 Å². The summed E-state index contributed by atoms with van der Waals surface area (Å²) in [5.74, 6) is -0.315. The number of hydrogen-bond donors (Lipinski definition) is 1. The van der Waals surface area contributed by atoms with Crippen LogP contribution in [0.4, 0.5) is 4.79 Å². The number of fused-ring (bicyclic) bond motifs is 2. The van der Waals surface area contributed by atoms with Gasteiger partial charge in [0.2, 0.25) is 5.91 Å². The number of nitrogens with one attached hydrogen (secondary N) is 1. The molecular formula is C10H14N2O4. The van der Waals surface area contributed by atoms with Gasteiger partial charge in [0.15, 0.2) is 12.5 Å². The van der Waals surface area contributed by atoms with Crippen LogP contribution in [0.25, 0.3) is 0 Å². The lowest BCUT2D eigenvalue weighted by Crippen LogP contribution is -2.52. The number of carbonyl (C=O) groups excluding carboxylic acids is 2. The van der Waals surface area contributed by atoms with Crippen LogP contribution >= 0.6 is 0 Å². The minimum atomic E-state index is -0.593. The van der Waals surface area contributed by atoms with E-state index in [1.54, 1.807) is 0 Å². The number of amides is 3. The zero-order valence-corrected chi connectivity index (χ0v) is 9.01. The number of ether oxygens (including phenoxy) is 2. The molecule has 3 rings (SSSR count). The molecule has 88 valence electrons. The lowest BCUT2D eigenvalue weighted by Gasteiger charge is -2.36. The summed E-state index contributed by atoms with van der Waals surface area (Å²) in [5.41, 5.74) is 0. The van der Waals surface area contributed by atoms with E-state index in [4.69, 9.17) is 9.47 Å². The SMILES string of the molecule is CC(=O)N1C(=O)N[C@H]2O[C@@H]3CCC[C@@H]3O[C@H]21. The molecule has 0 radical (unpaired) electrons. The highest BCUT2D eigenvalue weighted by Gasteiger charge is 2.51. The van der Waals surface area contributed by atoms with Crippen molar-refractivity contribution in [3.63, 3.8) is 0 Å². The minimum absolute atomic E-state index is 0.0239. The molecule has 0 bridgehead atoms. The van der Waals surface area contributed by atoms with E-state index in [1.165, 1.54) is 6.92 Å². The largest absolute Gasteiger partial charge is 0.348 e. The Bertz CT molecular complexity index is 346. The molecule has 3 aliphatic rings. The van der Waals surface area contributed by atoms with Crippen molar-refractivity contribution in [3.05, 3.63) is 0 Å². The zero-order valence-electron chi connectivity index (χ0n) is 9.01. The Morgan fingerprint density at radius 3 is 2.75 bits per heavy atom. The van der Waals surface area contributed by atoms with E-state index in [2.05, 4.69) is 5.32 Å². The molecular weight excluding hydrogens is 212 g/mol. The Morgan fingerprint density at radius 1 is 1.38 bits per heavy atom. The van der Waals surface area contributed by atoms with Gasteiger partial charge in [0.25, 0.3) is 0 Å². The summed E-state index contributed by atoms with van der Waals surface area (Å²) in [5, 5.41) is 2.62. The number of imide groups is 1. The minimum Gasteiger partial charge on any atom is -0.348 e. The third kappa shape index (κ3) is 1.33. The van der Waals surface area contributed by atoms with E-state index in [1.807, 2.05) is 0 Å². The van der Waals surface area contributed by atoms with Crippen molar-refractivity contribution in [1.29, 1.82) is 0 Å². The number of rotatable bonds is 0. The molecule has 6 heteroatoms. The van der Waals surface area contributed by atoms with Crippen LogP contribution in [-0.4, -0.2) is 41.5 Å². The first-order valence-electron chi connectivity index (χ1n) is 5.58. The lowest BCUT2D eigenvalue weighted by molar-refractivity contribution is -0.230. The Morgan fingerprint density at radius 2 is 2.06 bits per heavy atom. The first-order chi connectivity index (χ1) is 7.66. The summed E-state index contributed by atoms with van der Waals surface area (Å²) >= 11 is 0. The van der Waals surface area contributed by atoms with Crippen LogP contribution in [0.5, 0.6) is 0 Å². The van der Waals surface area contributed by atoms with Crippen LogP contribution in [0.15, 0.2) is 0 Å². The van der Waals surface area contributed by atoms with Crippen LogP contribution < -0.4 is 5.32 Å². The van der Waals surface area contributed by atoms with Gasteiger partial charge in [-0.3, -0.25) is 4.79 Å².